The maximum atomic E-state index is 13.1. The van der Waals surface area contributed by atoms with Gasteiger partial charge in [0.25, 0.3) is 17.7 Å². The van der Waals surface area contributed by atoms with Crippen molar-refractivity contribution >= 4 is 35.0 Å². The van der Waals surface area contributed by atoms with E-state index in [1.165, 1.54) is 24.3 Å². The molecule has 1 heterocycles. The lowest BCUT2D eigenvalue weighted by atomic mass is 10.1. The quantitative estimate of drug-likeness (QED) is 0.582. The van der Waals surface area contributed by atoms with Gasteiger partial charge >= 0.3 is 0 Å². The van der Waals surface area contributed by atoms with Crippen LogP contribution in [0.3, 0.4) is 0 Å². The summed E-state index contributed by atoms with van der Waals surface area (Å²) in [4.78, 5) is 51.0. The number of halogens is 1. The Bertz CT molecular complexity index is 1190. The summed E-state index contributed by atoms with van der Waals surface area (Å²) < 4.78 is 13.1. The molecule has 1 aliphatic rings. The lowest BCUT2D eigenvalue weighted by molar-refractivity contribution is -0.116. The largest absolute Gasteiger partial charge is 0.325 e. The van der Waals surface area contributed by atoms with Gasteiger partial charge in [0, 0.05) is 18.7 Å². The van der Waals surface area contributed by atoms with Gasteiger partial charge in [-0.3, -0.25) is 24.1 Å². The molecule has 32 heavy (non-hydrogen) atoms. The molecule has 4 amide bonds. The van der Waals surface area contributed by atoms with Crippen LogP contribution in [0.15, 0.2) is 72.8 Å². The number of fused-ring (bicyclic) bond motifs is 1. The molecule has 1 aliphatic heterocycles. The number of rotatable bonds is 6. The Kier molecular flexibility index (Phi) is 5.76. The van der Waals surface area contributed by atoms with E-state index >= 15 is 0 Å². The van der Waals surface area contributed by atoms with Crippen LogP contribution in [0, 0.1) is 5.82 Å². The van der Waals surface area contributed by atoms with Gasteiger partial charge < -0.3 is 10.6 Å². The second-order valence-corrected chi connectivity index (χ2v) is 7.11. The summed E-state index contributed by atoms with van der Waals surface area (Å²) >= 11 is 0. The smallest absolute Gasteiger partial charge is 0.261 e. The van der Waals surface area contributed by atoms with E-state index < -0.39 is 29.4 Å². The van der Waals surface area contributed by atoms with Crippen molar-refractivity contribution in [1.29, 1.82) is 0 Å². The van der Waals surface area contributed by atoms with Crippen molar-refractivity contribution in [2.24, 2.45) is 0 Å². The van der Waals surface area contributed by atoms with Gasteiger partial charge in [-0.15, -0.1) is 0 Å². The molecule has 7 nitrogen and oxygen atoms in total. The summed E-state index contributed by atoms with van der Waals surface area (Å²) in [5.41, 5.74) is 1.54. The topological polar surface area (TPSA) is 95.6 Å². The first kappa shape index (κ1) is 20.9. The van der Waals surface area contributed by atoms with E-state index in [1.54, 1.807) is 48.5 Å². The molecule has 3 aromatic rings. The van der Waals surface area contributed by atoms with Crippen LogP contribution in [0.2, 0.25) is 0 Å². The number of imide groups is 1. The van der Waals surface area contributed by atoms with E-state index in [4.69, 9.17) is 0 Å². The number of hydrogen-bond acceptors (Lipinski definition) is 4. The van der Waals surface area contributed by atoms with Gasteiger partial charge in [0.15, 0.2) is 0 Å². The first-order chi connectivity index (χ1) is 15.4. The van der Waals surface area contributed by atoms with Crippen LogP contribution in [0.5, 0.6) is 0 Å². The number of anilines is 2. The van der Waals surface area contributed by atoms with Crippen LogP contribution in [-0.2, 0) is 4.79 Å². The zero-order valence-corrected chi connectivity index (χ0v) is 16.8. The van der Waals surface area contributed by atoms with Crippen LogP contribution in [0.4, 0.5) is 15.8 Å². The summed E-state index contributed by atoms with van der Waals surface area (Å²) in [6.45, 7) is -0.0812. The monoisotopic (exact) mass is 431 g/mol. The van der Waals surface area contributed by atoms with E-state index in [0.717, 1.165) is 4.90 Å². The third-order valence-corrected chi connectivity index (χ3v) is 4.99. The fraction of sp³-hybridized carbons (Fsp3) is 0.0833. The summed E-state index contributed by atoms with van der Waals surface area (Å²) in [5.74, 6) is -2.22. The van der Waals surface area contributed by atoms with E-state index in [1.807, 2.05) is 0 Å². The molecule has 160 valence electrons. The Morgan fingerprint density at radius 2 is 1.38 bits per heavy atom. The molecule has 8 heteroatoms. The highest BCUT2D eigenvalue weighted by Crippen LogP contribution is 2.23. The third-order valence-electron chi connectivity index (χ3n) is 4.99. The van der Waals surface area contributed by atoms with Crippen LogP contribution in [0.25, 0.3) is 0 Å². The Balaban J connectivity index is 1.40. The molecular weight excluding hydrogens is 413 g/mol. The molecule has 0 radical (unpaired) electrons. The van der Waals surface area contributed by atoms with Gasteiger partial charge in [0.05, 0.1) is 22.4 Å². The minimum atomic E-state index is -0.479. The molecule has 0 spiro atoms. The van der Waals surface area contributed by atoms with Gasteiger partial charge in [0.1, 0.15) is 5.82 Å². The van der Waals surface area contributed by atoms with Gasteiger partial charge in [-0.25, -0.2) is 4.39 Å². The summed E-state index contributed by atoms with van der Waals surface area (Å²) in [6, 6.07) is 18.2. The number of carbonyl (C=O) groups is 4. The lowest BCUT2D eigenvalue weighted by Crippen LogP contribution is -2.33. The van der Waals surface area contributed by atoms with Gasteiger partial charge in [-0.05, 0) is 48.5 Å². The predicted octanol–water partition coefficient (Wildman–Crippen LogP) is 3.70. The molecule has 3 aromatic carbocycles. The van der Waals surface area contributed by atoms with Crippen LogP contribution in [-0.4, -0.2) is 35.1 Å². The molecule has 0 bridgehead atoms. The SMILES string of the molecule is O=C(CCN1C(=O)c2ccccc2C1=O)Nc1ccccc1C(=O)Nc1ccc(F)cc1. The Morgan fingerprint density at radius 3 is 2.03 bits per heavy atom. The molecule has 0 saturated heterocycles. The normalized spacial score (nSPS) is 12.5. The highest BCUT2D eigenvalue weighted by Gasteiger charge is 2.35. The molecule has 0 atom stereocenters. The molecular formula is C24H18FN3O4. The first-order valence-corrected chi connectivity index (χ1v) is 9.85. The van der Waals surface area contributed by atoms with Crippen molar-refractivity contribution in [3.05, 3.63) is 95.3 Å². The fourth-order valence-corrected chi connectivity index (χ4v) is 3.39. The zero-order chi connectivity index (χ0) is 22.7. The molecule has 0 saturated carbocycles. The van der Waals surface area contributed by atoms with Crippen molar-refractivity contribution in [1.82, 2.24) is 4.90 Å². The number of nitrogens with zero attached hydrogens (tertiary/aromatic N) is 1. The van der Waals surface area contributed by atoms with Crippen LogP contribution in [0.1, 0.15) is 37.5 Å². The third kappa shape index (κ3) is 4.24. The Labute approximate surface area is 182 Å². The van der Waals surface area contributed by atoms with Crippen LogP contribution >= 0.6 is 0 Å². The fourth-order valence-electron chi connectivity index (χ4n) is 3.39. The Hall–Kier alpha value is -4.33. The standard InChI is InChI=1S/C24H18FN3O4/c25-15-9-11-16(12-10-15)26-22(30)19-7-3-4-8-20(19)27-21(29)13-14-28-23(31)17-5-1-2-6-18(17)24(28)32/h1-12H,13-14H2,(H,26,30)(H,27,29). The molecule has 0 unspecified atom stereocenters. The zero-order valence-electron chi connectivity index (χ0n) is 16.8. The summed E-state index contributed by atoms with van der Waals surface area (Å²) in [7, 11) is 0. The van der Waals surface area contributed by atoms with Crippen molar-refractivity contribution < 1.29 is 23.6 Å². The predicted molar refractivity (Wildman–Crippen MR) is 116 cm³/mol. The van der Waals surface area contributed by atoms with E-state index in [0.29, 0.717) is 16.8 Å². The Morgan fingerprint density at radius 1 is 0.781 bits per heavy atom. The second-order valence-electron chi connectivity index (χ2n) is 7.11. The maximum Gasteiger partial charge on any atom is 0.261 e. The van der Waals surface area contributed by atoms with Crippen LogP contribution < -0.4 is 10.6 Å². The number of nitrogens with one attached hydrogen (secondary N) is 2. The minimum Gasteiger partial charge on any atom is -0.325 e. The molecule has 0 fully saturated rings. The number of para-hydroxylation sites is 1. The molecule has 2 N–H and O–H groups in total. The molecule has 0 aromatic heterocycles. The molecule has 0 aliphatic carbocycles. The van der Waals surface area contributed by atoms with Gasteiger partial charge in [0.2, 0.25) is 5.91 Å². The van der Waals surface area contributed by atoms with Crippen molar-refractivity contribution in [2.45, 2.75) is 6.42 Å². The van der Waals surface area contributed by atoms with E-state index in [9.17, 15) is 23.6 Å². The maximum absolute atomic E-state index is 13.1. The highest BCUT2D eigenvalue weighted by molar-refractivity contribution is 6.21. The number of amides is 4. The average Bonchev–Trinajstić information content (AvgIpc) is 3.04. The van der Waals surface area contributed by atoms with E-state index in [-0.39, 0.29) is 24.2 Å². The van der Waals surface area contributed by atoms with Gasteiger partial charge in [-0.2, -0.15) is 0 Å². The summed E-state index contributed by atoms with van der Waals surface area (Å²) in [5, 5.41) is 5.30. The first-order valence-electron chi connectivity index (χ1n) is 9.85. The average molecular weight is 431 g/mol. The summed E-state index contributed by atoms with van der Waals surface area (Å²) in [6.07, 6.45) is -0.126. The minimum absolute atomic E-state index is 0.0812. The number of benzene rings is 3. The van der Waals surface area contributed by atoms with Crippen molar-refractivity contribution in [3.63, 3.8) is 0 Å². The van der Waals surface area contributed by atoms with E-state index in [2.05, 4.69) is 10.6 Å². The second kappa shape index (κ2) is 8.81. The lowest BCUT2D eigenvalue weighted by Gasteiger charge is -2.15. The van der Waals surface area contributed by atoms with Crippen molar-refractivity contribution in [3.8, 4) is 0 Å². The highest BCUT2D eigenvalue weighted by atomic mass is 19.1. The molecule has 4 rings (SSSR count). The number of hydrogen-bond donors (Lipinski definition) is 2. The van der Waals surface area contributed by atoms with Crippen molar-refractivity contribution in [2.75, 3.05) is 17.2 Å². The van der Waals surface area contributed by atoms with Gasteiger partial charge in [-0.1, -0.05) is 24.3 Å². The number of carbonyl (C=O) groups excluding carboxylic acids is 4.